The zero-order valence-electron chi connectivity index (χ0n) is 15.5. The third kappa shape index (κ3) is 4.45. The molecule has 0 heterocycles. The fourth-order valence-corrected chi connectivity index (χ4v) is 2.73. The van der Waals surface area contributed by atoms with E-state index < -0.39 is 0 Å². The number of benzene rings is 2. The Morgan fingerprint density at radius 3 is 2.00 bits per heavy atom. The van der Waals surface area contributed by atoms with Crippen molar-refractivity contribution in [3.8, 4) is 5.75 Å². The molecule has 0 amide bonds. The predicted octanol–water partition coefficient (Wildman–Crippen LogP) is 6.25. The van der Waals surface area contributed by atoms with Gasteiger partial charge in [0, 0.05) is 22.8 Å². The lowest BCUT2D eigenvalue weighted by atomic mass is 9.79. The van der Waals surface area contributed by atoms with E-state index in [1.54, 1.807) is 0 Å². The molecule has 0 unspecified atom stereocenters. The molecule has 0 saturated carbocycles. The molecule has 0 bridgehead atoms. The minimum Gasteiger partial charge on any atom is -0.507 e. The van der Waals surface area contributed by atoms with Crippen LogP contribution in [0.15, 0.2) is 36.4 Å². The third-order valence-electron chi connectivity index (χ3n) is 4.19. The summed E-state index contributed by atoms with van der Waals surface area (Å²) in [7, 11) is 0. The average Bonchev–Trinajstić information content (AvgIpc) is 2.45. The zero-order chi connectivity index (χ0) is 18.1. The molecule has 2 aromatic rings. The van der Waals surface area contributed by atoms with Gasteiger partial charge in [-0.1, -0.05) is 59.2 Å². The standard InChI is InChI=1S/C21H28ClNO/c1-20(2,3)15-11-14(19(24)18(12-15)21(4,5)6)13-23-17-9-7-16(22)8-10-17/h7-12,23-24H,13H2,1-6H3. The van der Waals surface area contributed by atoms with E-state index in [9.17, 15) is 5.11 Å². The summed E-state index contributed by atoms with van der Waals surface area (Å²) in [6, 6.07) is 11.8. The van der Waals surface area contributed by atoms with Crippen LogP contribution in [0, 0.1) is 0 Å². The first kappa shape index (κ1) is 18.7. The van der Waals surface area contributed by atoms with Gasteiger partial charge in [-0.2, -0.15) is 0 Å². The number of anilines is 1. The lowest BCUT2D eigenvalue weighted by Gasteiger charge is -2.27. The Bertz CT molecular complexity index is 706. The van der Waals surface area contributed by atoms with Gasteiger partial charge in [0.05, 0.1) is 0 Å². The topological polar surface area (TPSA) is 32.3 Å². The van der Waals surface area contributed by atoms with Gasteiger partial charge < -0.3 is 10.4 Å². The van der Waals surface area contributed by atoms with Crippen LogP contribution in [0.3, 0.4) is 0 Å². The molecule has 2 N–H and O–H groups in total. The summed E-state index contributed by atoms with van der Waals surface area (Å²) in [5.74, 6) is 0.386. The summed E-state index contributed by atoms with van der Waals surface area (Å²) < 4.78 is 0. The highest BCUT2D eigenvalue weighted by molar-refractivity contribution is 6.30. The maximum absolute atomic E-state index is 10.8. The van der Waals surface area contributed by atoms with Crippen molar-refractivity contribution in [3.63, 3.8) is 0 Å². The van der Waals surface area contributed by atoms with E-state index in [0.717, 1.165) is 16.8 Å². The van der Waals surface area contributed by atoms with Crippen molar-refractivity contribution < 1.29 is 5.11 Å². The van der Waals surface area contributed by atoms with E-state index in [0.29, 0.717) is 17.3 Å². The Balaban J connectivity index is 2.39. The Hall–Kier alpha value is -1.67. The average molecular weight is 346 g/mol. The highest BCUT2D eigenvalue weighted by Crippen LogP contribution is 2.37. The zero-order valence-corrected chi connectivity index (χ0v) is 16.3. The van der Waals surface area contributed by atoms with E-state index >= 15 is 0 Å². The smallest absolute Gasteiger partial charge is 0.124 e. The Morgan fingerprint density at radius 1 is 0.917 bits per heavy atom. The van der Waals surface area contributed by atoms with Crippen LogP contribution in [0.5, 0.6) is 5.75 Å². The highest BCUT2D eigenvalue weighted by Gasteiger charge is 2.24. The second-order valence-electron chi connectivity index (χ2n) is 8.39. The van der Waals surface area contributed by atoms with Crippen molar-refractivity contribution >= 4 is 17.3 Å². The number of aromatic hydroxyl groups is 1. The monoisotopic (exact) mass is 345 g/mol. The minimum atomic E-state index is -0.111. The first-order valence-corrected chi connectivity index (χ1v) is 8.72. The molecule has 130 valence electrons. The van der Waals surface area contributed by atoms with Gasteiger partial charge in [-0.05, 0) is 52.3 Å². The fourth-order valence-electron chi connectivity index (χ4n) is 2.60. The van der Waals surface area contributed by atoms with E-state index in [2.05, 4.69) is 59.0 Å². The molecular weight excluding hydrogens is 318 g/mol. The van der Waals surface area contributed by atoms with Gasteiger partial charge in [0.15, 0.2) is 0 Å². The quantitative estimate of drug-likeness (QED) is 0.688. The molecule has 2 nitrogen and oxygen atoms in total. The number of rotatable bonds is 3. The van der Waals surface area contributed by atoms with Gasteiger partial charge in [-0.25, -0.2) is 0 Å². The van der Waals surface area contributed by atoms with E-state index in [1.165, 1.54) is 5.56 Å². The maximum Gasteiger partial charge on any atom is 0.124 e. The fraction of sp³-hybridized carbons (Fsp3) is 0.429. The molecule has 0 aliphatic heterocycles. The molecular formula is C21H28ClNO. The van der Waals surface area contributed by atoms with E-state index in [4.69, 9.17) is 11.6 Å². The molecule has 0 aliphatic rings. The number of halogens is 1. The number of hydrogen-bond acceptors (Lipinski definition) is 2. The summed E-state index contributed by atoms with van der Waals surface area (Å²) >= 11 is 5.93. The van der Waals surface area contributed by atoms with Crippen LogP contribution in [-0.2, 0) is 17.4 Å². The Morgan fingerprint density at radius 2 is 1.50 bits per heavy atom. The van der Waals surface area contributed by atoms with Crippen molar-refractivity contribution in [2.24, 2.45) is 0 Å². The molecule has 2 rings (SSSR count). The second kappa shape index (κ2) is 6.68. The highest BCUT2D eigenvalue weighted by atomic mass is 35.5. The maximum atomic E-state index is 10.8. The predicted molar refractivity (Wildman–Crippen MR) is 104 cm³/mol. The molecule has 0 saturated heterocycles. The van der Waals surface area contributed by atoms with Gasteiger partial charge in [0.1, 0.15) is 5.75 Å². The number of phenolic OH excluding ortho intramolecular Hbond substituents is 1. The third-order valence-corrected chi connectivity index (χ3v) is 4.44. The molecule has 0 aliphatic carbocycles. The first-order valence-electron chi connectivity index (χ1n) is 8.35. The van der Waals surface area contributed by atoms with Gasteiger partial charge >= 0.3 is 0 Å². The minimum absolute atomic E-state index is 0.0305. The Labute approximate surface area is 150 Å². The van der Waals surface area contributed by atoms with Crippen LogP contribution >= 0.6 is 11.6 Å². The number of hydrogen-bond donors (Lipinski definition) is 2. The van der Waals surface area contributed by atoms with Crippen molar-refractivity contribution in [3.05, 3.63) is 58.1 Å². The van der Waals surface area contributed by atoms with Gasteiger partial charge in [0.25, 0.3) is 0 Å². The molecule has 0 fully saturated rings. The lowest BCUT2D eigenvalue weighted by molar-refractivity contribution is 0.439. The van der Waals surface area contributed by atoms with Crippen molar-refractivity contribution in [1.82, 2.24) is 0 Å². The van der Waals surface area contributed by atoms with Gasteiger partial charge in [-0.3, -0.25) is 0 Å². The molecule has 2 aromatic carbocycles. The summed E-state index contributed by atoms with van der Waals surface area (Å²) in [4.78, 5) is 0. The summed E-state index contributed by atoms with van der Waals surface area (Å²) in [5.41, 5.74) is 4.05. The molecule has 0 spiro atoms. The van der Waals surface area contributed by atoms with Crippen molar-refractivity contribution in [2.45, 2.75) is 58.9 Å². The van der Waals surface area contributed by atoms with Crippen LogP contribution in [-0.4, -0.2) is 5.11 Å². The van der Waals surface area contributed by atoms with Crippen LogP contribution in [0.2, 0.25) is 5.02 Å². The molecule has 0 radical (unpaired) electrons. The SMILES string of the molecule is CC(C)(C)c1cc(CNc2ccc(Cl)cc2)c(O)c(C(C)(C)C)c1. The second-order valence-corrected chi connectivity index (χ2v) is 8.83. The summed E-state index contributed by atoms with van der Waals surface area (Å²) in [5, 5.41) is 14.9. The number of phenols is 1. The normalized spacial score (nSPS) is 12.3. The molecule has 0 aromatic heterocycles. The van der Waals surface area contributed by atoms with E-state index in [-0.39, 0.29) is 10.8 Å². The molecule has 0 atom stereocenters. The van der Waals surface area contributed by atoms with Crippen LogP contribution in [0.25, 0.3) is 0 Å². The van der Waals surface area contributed by atoms with Crippen molar-refractivity contribution in [2.75, 3.05) is 5.32 Å². The Kier molecular flexibility index (Phi) is 5.19. The summed E-state index contributed by atoms with van der Waals surface area (Å²) in [6.45, 7) is 13.5. The van der Waals surface area contributed by atoms with Crippen LogP contribution < -0.4 is 5.32 Å². The van der Waals surface area contributed by atoms with Crippen LogP contribution in [0.1, 0.15) is 58.2 Å². The summed E-state index contributed by atoms with van der Waals surface area (Å²) in [6.07, 6.45) is 0. The van der Waals surface area contributed by atoms with E-state index in [1.807, 2.05) is 24.3 Å². The van der Waals surface area contributed by atoms with Crippen molar-refractivity contribution in [1.29, 1.82) is 0 Å². The van der Waals surface area contributed by atoms with Crippen LogP contribution in [0.4, 0.5) is 5.69 Å². The molecule has 3 heteroatoms. The lowest BCUT2D eigenvalue weighted by Crippen LogP contribution is -2.18. The van der Waals surface area contributed by atoms with Gasteiger partial charge in [0.2, 0.25) is 0 Å². The van der Waals surface area contributed by atoms with Gasteiger partial charge in [-0.15, -0.1) is 0 Å². The molecule has 24 heavy (non-hydrogen) atoms. The number of nitrogens with one attached hydrogen (secondary N) is 1. The first-order chi connectivity index (χ1) is 11.0. The largest absolute Gasteiger partial charge is 0.507 e.